The lowest BCUT2D eigenvalue weighted by Crippen LogP contribution is -2.30. The quantitative estimate of drug-likeness (QED) is 0.768. The van der Waals surface area contributed by atoms with Gasteiger partial charge in [0, 0.05) is 11.8 Å². The lowest BCUT2D eigenvalue weighted by atomic mass is 9.95. The summed E-state index contributed by atoms with van der Waals surface area (Å²) in [6.45, 7) is 4.02. The summed E-state index contributed by atoms with van der Waals surface area (Å²) in [5, 5.41) is 18.8. The maximum Gasteiger partial charge on any atom is 0.307 e. The summed E-state index contributed by atoms with van der Waals surface area (Å²) in [4.78, 5) is 23.5. The highest BCUT2D eigenvalue weighted by Crippen LogP contribution is 2.38. The minimum Gasteiger partial charge on any atom is -0.481 e. The van der Waals surface area contributed by atoms with Crippen molar-refractivity contribution < 1.29 is 14.7 Å². The van der Waals surface area contributed by atoms with Gasteiger partial charge in [0.2, 0.25) is 5.91 Å². The van der Waals surface area contributed by atoms with Crippen LogP contribution >= 0.6 is 0 Å². The van der Waals surface area contributed by atoms with E-state index in [0.29, 0.717) is 24.6 Å². The molecule has 2 rings (SSSR count). The molecule has 6 heteroatoms. The normalized spacial score (nSPS) is 25.6. The maximum atomic E-state index is 12.3. The molecule has 110 valence electrons. The molecule has 6 nitrogen and oxygen atoms in total. The predicted octanol–water partition coefficient (Wildman–Crippen LogP) is 2.05. The monoisotopic (exact) mass is 279 g/mol. The number of carboxylic acids is 1. The van der Waals surface area contributed by atoms with Crippen molar-refractivity contribution in [3.8, 4) is 0 Å². The summed E-state index contributed by atoms with van der Waals surface area (Å²) in [6.07, 6.45) is 2.95. The number of nitrogens with one attached hydrogen (secondary N) is 2. The number of carbonyl (C=O) groups is 2. The molecule has 1 fully saturated rings. The first kappa shape index (κ1) is 14.6. The molecule has 20 heavy (non-hydrogen) atoms. The minimum atomic E-state index is -0.877. The van der Waals surface area contributed by atoms with Crippen LogP contribution in [-0.2, 0) is 16.0 Å². The van der Waals surface area contributed by atoms with Crippen molar-refractivity contribution >= 4 is 17.7 Å². The third kappa shape index (κ3) is 3.00. The van der Waals surface area contributed by atoms with Gasteiger partial charge in [0.25, 0.3) is 0 Å². The molecule has 1 aromatic rings. The second-order valence-corrected chi connectivity index (χ2v) is 5.42. The Kier molecular flexibility index (Phi) is 4.42. The fraction of sp³-hybridized carbons (Fsp3) is 0.643. The van der Waals surface area contributed by atoms with Gasteiger partial charge in [-0.3, -0.25) is 14.7 Å². The Hall–Kier alpha value is -1.85. The standard InChI is InChI=1S/C14H21N3O3/c1-3-8-5-10(11(6-8)14(19)20)13(18)15-12-7-9(4-2)16-17-12/h7-8,10-11H,3-6H2,1-2H3,(H,19,20)(H2,15,16,17,18)/t8?,10-,11+/m0/s1. The first-order chi connectivity index (χ1) is 9.55. The predicted molar refractivity (Wildman–Crippen MR) is 74.2 cm³/mol. The van der Waals surface area contributed by atoms with Crippen LogP contribution in [0.25, 0.3) is 0 Å². The van der Waals surface area contributed by atoms with Gasteiger partial charge in [0.05, 0.1) is 11.8 Å². The van der Waals surface area contributed by atoms with Crippen molar-refractivity contribution in [2.75, 3.05) is 5.32 Å². The fourth-order valence-corrected chi connectivity index (χ4v) is 2.86. The number of aryl methyl sites for hydroxylation is 1. The second kappa shape index (κ2) is 6.07. The second-order valence-electron chi connectivity index (χ2n) is 5.42. The molecule has 1 aliphatic rings. The zero-order chi connectivity index (χ0) is 14.7. The van der Waals surface area contributed by atoms with Gasteiger partial charge in [-0.05, 0) is 25.2 Å². The van der Waals surface area contributed by atoms with Gasteiger partial charge in [0.15, 0.2) is 5.82 Å². The molecule has 1 saturated carbocycles. The Balaban J connectivity index is 2.05. The Morgan fingerprint density at radius 2 is 2.10 bits per heavy atom. The van der Waals surface area contributed by atoms with Gasteiger partial charge in [-0.15, -0.1) is 0 Å². The van der Waals surface area contributed by atoms with E-state index in [1.54, 1.807) is 6.07 Å². The highest BCUT2D eigenvalue weighted by atomic mass is 16.4. The minimum absolute atomic E-state index is 0.234. The average Bonchev–Trinajstić information content (AvgIpc) is 3.04. The first-order valence-corrected chi connectivity index (χ1v) is 7.13. The lowest BCUT2D eigenvalue weighted by Gasteiger charge is -2.14. The van der Waals surface area contributed by atoms with Crippen LogP contribution in [0.1, 0.15) is 38.8 Å². The van der Waals surface area contributed by atoms with Crippen LogP contribution < -0.4 is 5.32 Å². The van der Waals surface area contributed by atoms with Gasteiger partial charge in [-0.2, -0.15) is 5.10 Å². The van der Waals surface area contributed by atoms with E-state index in [-0.39, 0.29) is 5.91 Å². The van der Waals surface area contributed by atoms with Gasteiger partial charge < -0.3 is 10.4 Å². The summed E-state index contributed by atoms with van der Waals surface area (Å²) >= 11 is 0. The van der Waals surface area contributed by atoms with E-state index in [0.717, 1.165) is 18.5 Å². The number of rotatable bonds is 5. The highest BCUT2D eigenvalue weighted by molar-refractivity contribution is 5.94. The van der Waals surface area contributed by atoms with Crippen LogP contribution in [0.4, 0.5) is 5.82 Å². The molecular weight excluding hydrogens is 258 g/mol. The number of aromatic amines is 1. The highest BCUT2D eigenvalue weighted by Gasteiger charge is 2.42. The number of aliphatic carboxylic acids is 1. The molecule has 1 aliphatic carbocycles. The molecule has 1 unspecified atom stereocenters. The number of anilines is 1. The smallest absolute Gasteiger partial charge is 0.307 e. The van der Waals surface area contributed by atoms with Gasteiger partial charge in [-0.25, -0.2) is 0 Å². The number of carboxylic acid groups (broad SMARTS) is 1. The lowest BCUT2D eigenvalue weighted by molar-refractivity contribution is -0.145. The maximum absolute atomic E-state index is 12.3. The number of amides is 1. The molecule has 0 bridgehead atoms. The van der Waals surface area contributed by atoms with Crippen LogP contribution in [0.2, 0.25) is 0 Å². The first-order valence-electron chi connectivity index (χ1n) is 7.13. The number of hydrogen-bond donors (Lipinski definition) is 3. The molecule has 0 radical (unpaired) electrons. The van der Waals surface area contributed by atoms with E-state index in [2.05, 4.69) is 15.5 Å². The Morgan fingerprint density at radius 1 is 1.40 bits per heavy atom. The number of nitrogens with zero attached hydrogens (tertiary/aromatic N) is 1. The van der Waals surface area contributed by atoms with E-state index in [1.807, 2.05) is 13.8 Å². The van der Waals surface area contributed by atoms with E-state index in [1.165, 1.54) is 0 Å². The molecule has 3 atom stereocenters. The Labute approximate surface area is 118 Å². The van der Waals surface area contributed by atoms with Crippen molar-refractivity contribution in [2.45, 2.75) is 39.5 Å². The van der Waals surface area contributed by atoms with Crippen LogP contribution in [0.15, 0.2) is 6.07 Å². The molecule has 0 saturated heterocycles. The fourth-order valence-electron chi connectivity index (χ4n) is 2.86. The van der Waals surface area contributed by atoms with E-state index in [9.17, 15) is 14.7 Å². The van der Waals surface area contributed by atoms with Gasteiger partial charge in [-0.1, -0.05) is 20.3 Å². The molecule has 0 spiro atoms. The van der Waals surface area contributed by atoms with Crippen LogP contribution in [0, 0.1) is 17.8 Å². The van der Waals surface area contributed by atoms with Crippen molar-refractivity contribution in [2.24, 2.45) is 17.8 Å². The zero-order valence-electron chi connectivity index (χ0n) is 11.8. The summed E-state index contributed by atoms with van der Waals surface area (Å²) in [6, 6.07) is 1.78. The number of carbonyl (C=O) groups excluding carboxylic acids is 1. The van der Waals surface area contributed by atoms with E-state index in [4.69, 9.17) is 0 Å². The molecule has 1 amide bonds. The SMILES string of the molecule is CCc1cc(NC(=O)[C@H]2CC(CC)C[C@H]2C(=O)O)n[nH]1. The number of aromatic nitrogens is 2. The molecule has 3 N–H and O–H groups in total. The van der Waals surface area contributed by atoms with Crippen LogP contribution in [0.5, 0.6) is 0 Å². The van der Waals surface area contributed by atoms with Crippen molar-refractivity contribution in [3.05, 3.63) is 11.8 Å². The van der Waals surface area contributed by atoms with Crippen molar-refractivity contribution in [3.63, 3.8) is 0 Å². The van der Waals surface area contributed by atoms with Crippen molar-refractivity contribution in [1.29, 1.82) is 0 Å². The number of H-pyrrole nitrogens is 1. The summed E-state index contributed by atoms with van der Waals surface area (Å²) in [5.41, 5.74) is 0.938. The topological polar surface area (TPSA) is 95.1 Å². The summed E-state index contributed by atoms with van der Waals surface area (Å²) in [5.74, 6) is -1.36. The largest absolute Gasteiger partial charge is 0.481 e. The summed E-state index contributed by atoms with van der Waals surface area (Å²) in [7, 11) is 0. The van der Waals surface area contributed by atoms with Crippen LogP contribution in [-0.4, -0.2) is 27.2 Å². The van der Waals surface area contributed by atoms with Gasteiger partial charge >= 0.3 is 5.97 Å². The van der Waals surface area contributed by atoms with Gasteiger partial charge in [0.1, 0.15) is 0 Å². The third-order valence-electron chi connectivity index (χ3n) is 4.15. The average molecular weight is 279 g/mol. The summed E-state index contributed by atoms with van der Waals surface area (Å²) < 4.78 is 0. The Bertz CT molecular complexity index is 498. The third-order valence-corrected chi connectivity index (χ3v) is 4.15. The Morgan fingerprint density at radius 3 is 2.65 bits per heavy atom. The van der Waals surface area contributed by atoms with Crippen molar-refractivity contribution in [1.82, 2.24) is 10.2 Å². The number of hydrogen-bond acceptors (Lipinski definition) is 3. The molecule has 0 aliphatic heterocycles. The molecule has 1 aromatic heterocycles. The van der Waals surface area contributed by atoms with E-state index >= 15 is 0 Å². The molecule has 1 heterocycles. The molecular formula is C14H21N3O3. The van der Waals surface area contributed by atoms with E-state index < -0.39 is 17.8 Å². The molecule has 0 aromatic carbocycles. The van der Waals surface area contributed by atoms with Crippen LogP contribution in [0.3, 0.4) is 0 Å². The zero-order valence-corrected chi connectivity index (χ0v) is 11.8.